The Balaban J connectivity index is 1.41. The van der Waals surface area contributed by atoms with Crippen LogP contribution in [0, 0.1) is 6.92 Å². The van der Waals surface area contributed by atoms with Crippen LogP contribution in [0.15, 0.2) is 46.2 Å². The van der Waals surface area contributed by atoms with Gasteiger partial charge in [0.15, 0.2) is 11.5 Å². The average Bonchev–Trinajstić information content (AvgIpc) is 3.30. The highest BCUT2D eigenvalue weighted by Gasteiger charge is 2.25. The van der Waals surface area contributed by atoms with Crippen molar-refractivity contribution in [3.63, 3.8) is 0 Å². The Morgan fingerprint density at radius 3 is 2.69 bits per heavy atom. The summed E-state index contributed by atoms with van der Waals surface area (Å²) in [6, 6.07) is 11.3. The summed E-state index contributed by atoms with van der Waals surface area (Å²) in [5.74, 6) is 0.922. The van der Waals surface area contributed by atoms with Crippen molar-refractivity contribution in [3.05, 3.63) is 57.6 Å². The normalized spacial score (nSPS) is 14.7. The lowest BCUT2D eigenvalue weighted by atomic mass is 10.2. The van der Waals surface area contributed by atoms with Gasteiger partial charge in [-0.15, -0.1) is 11.3 Å². The van der Waals surface area contributed by atoms with Crippen LogP contribution in [-0.4, -0.2) is 42.0 Å². The molecule has 7 heteroatoms. The molecule has 3 aromatic rings. The first kappa shape index (κ1) is 17.1. The molecular weight excluding hydrogens is 370 g/mol. The summed E-state index contributed by atoms with van der Waals surface area (Å²) in [7, 11) is 0. The van der Waals surface area contributed by atoms with E-state index in [1.807, 2.05) is 47.5 Å². The van der Waals surface area contributed by atoms with E-state index in [4.69, 9.17) is 16.0 Å². The van der Waals surface area contributed by atoms with E-state index >= 15 is 0 Å². The molecule has 0 radical (unpaired) electrons. The number of piperazine rings is 1. The van der Waals surface area contributed by atoms with E-state index in [0.717, 1.165) is 34.5 Å². The minimum atomic E-state index is -0.0751. The Bertz CT molecular complexity index is 928. The second kappa shape index (κ2) is 7.13. The predicted octanol–water partition coefficient (Wildman–Crippen LogP) is 4.33. The number of aromatic nitrogens is 1. The minimum Gasteiger partial charge on any atom is -0.449 e. The van der Waals surface area contributed by atoms with Gasteiger partial charge >= 0.3 is 0 Å². The third-order valence-corrected chi connectivity index (χ3v) is 5.44. The number of hydrogen-bond acceptors (Lipinski definition) is 5. The van der Waals surface area contributed by atoms with Crippen molar-refractivity contribution in [2.75, 3.05) is 31.1 Å². The van der Waals surface area contributed by atoms with Crippen LogP contribution in [0.1, 0.15) is 15.6 Å². The van der Waals surface area contributed by atoms with Gasteiger partial charge in [0.05, 0.1) is 5.01 Å². The van der Waals surface area contributed by atoms with Crippen LogP contribution < -0.4 is 4.90 Å². The predicted molar refractivity (Wildman–Crippen MR) is 104 cm³/mol. The molecule has 2 aromatic heterocycles. The Morgan fingerprint density at radius 1 is 1.19 bits per heavy atom. The molecule has 0 unspecified atom stereocenters. The van der Waals surface area contributed by atoms with E-state index in [1.165, 1.54) is 0 Å². The van der Waals surface area contributed by atoms with Gasteiger partial charge < -0.3 is 14.2 Å². The summed E-state index contributed by atoms with van der Waals surface area (Å²) >= 11 is 7.63. The van der Waals surface area contributed by atoms with Crippen LogP contribution in [0.5, 0.6) is 0 Å². The third kappa shape index (κ3) is 3.48. The lowest BCUT2D eigenvalue weighted by molar-refractivity contribution is 0.0715. The first-order valence-electron chi connectivity index (χ1n) is 8.42. The highest BCUT2D eigenvalue weighted by Crippen LogP contribution is 2.25. The van der Waals surface area contributed by atoms with Gasteiger partial charge in [-0.2, -0.15) is 0 Å². The summed E-state index contributed by atoms with van der Waals surface area (Å²) in [4.78, 5) is 21.2. The number of nitrogens with zero attached hydrogens (tertiary/aromatic N) is 3. The first-order chi connectivity index (χ1) is 12.6. The zero-order valence-electron chi connectivity index (χ0n) is 14.3. The largest absolute Gasteiger partial charge is 0.449 e. The molecule has 0 N–H and O–H groups in total. The van der Waals surface area contributed by atoms with Crippen LogP contribution in [-0.2, 0) is 0 Å². The van der Waals surface area contributed by atoms with Crippen LogP contribution in [0.25, 0.3) is 11.5 Å². The second-order valence-corrected chi connectivity index (χ2v) is 7.67. The van der Waals surface area contributed by atoms with Gasteiger partial charge in [0.1, 0.15) is 5.69 Å². The van der Waals surface area contributed by atoms with Gasteiger partial charge in [-0.3, -0.25) is 4.79 Å². The van der Waals surface area contributed by atoms with Crippen LogP contribution >= 0.6 is 22.9 Å². The number of benzene rings is 1. The number of anilines is 1. The van der Waals surface area contributed by atoms with E-state index in [2.05, 4.69) is 9.88 Å². The SMILES string of the molecule is Cc1nc(-c2ccc(C(=O)N3CCN(c4cccc(Cl)c4)CC3)o2)cs1. The molecule has 0 bridgehead atoms. The van der Waals surface area contributed by atoms with Gasteiger partial charge in [0.25, 0.3) is 5.91 Å². The maximum atomic E-state index is 12.7. The molecule has 1 fully saturated rings. The molecule has 0 spiro atoms. The molecule has 0 saturated carbocycles. The van der Waals surface area contributed by atoms with Crippen molar-refractivity contribution >= 4 is 34.5 Å². The van der Waals surface area contributed by atoms with Crippen molar-refractivity contribution in [2.24, 2.45) is 0 Å². The zero-order valence-corrected chi connectivity index (χ0v) is 15.9. The number of furan rings is 1. The fraction of sp³-hybridized carbons (Fsp3) is 0.263. The number of carbonyl (C=O) groups is 1. The number of amides is 1. The minimum absolute atomic E-state index is 0.0751. The first-order valence-corrected chi connectivity index (χ1v) is 9.68. The van der Waals surface area contributed by atoms with Crippen molar-refractivity contribution in [2.45, 2.75) is 6.92 Å². The molecule has 1 aromatic carbocycles. The van der Waals surface area contributed by atoms with E-state index in [9.17, 15) is 4.79 Å². The molecule has 134 valence electrons. The Kier molecular flexibility index (Phi) is 4.70. The lowest BCUT2D eigenvalue weighted by Crippen LogP contribution is -2.48. The second-order valence-electron chi connectivity index (χ2n) is 6.17. The Labute approximate surface area is 160 Å². The molecule has 1 amide bonds. The Hall–Kier alpha value is -2.31. The molecule has 1 aliphatic rings. The molecule has 1 saturated heterocycles. The summed E-state index contributed by atoms with van der Waals surface area (Å²) < 4.78 is 5.75. The molecular formula is C19H18ClN3O2S. The lowest BCUT2D eigenvalue weighted by Gasteiger charge is -2.35. The monoisotopic (exact) mass is 387 g/mol. The molecule has 26 heavy (non-hydrogen) atoms. The fourth-order valence-electron chi connectivity index (χ4n) is 3.06. The maximum absolute atomic E-state index is 12.7. The standard InChI is InChI=1S/C19H18ClN3O2S/c1-13-21-16(12-26-13)17-5-6-18(25-17)19(24)23-9-7-22(8-10-23)15-4-2-3-14(20)11-15/h2-6,11-12H,7-10H2,1H3. The van der Waals surface area contributed by atoms with Gasteiger partial charge in [-0.05, 0) is 37.3 Å². The number of thiazole rings is 1. The highest BCUT2D eigenvalue weighted by molar-refractivity contribution is 7.09. The Morgan fingerprint density at radius 2 is 2.00 bits per heavy atom. The number of carbonyl (C=O) groups excluding carboxylic acids is 1. The number of hydrogen-bond donors (Lipinski definition) is 0. The third-order valence-electron chi connectivity index (χ3n) is 4.43. The van der Waals surface area contributed by atoms with Crippen molar-refractivity contribution < 1.29 is 9.21 Å². The van der Waals surface area contributed by atoms with Crippen LogP contribution in [0.2, 0.25) is 5.02 Å². The maximum Gasteiger partial charge on any atom is 0.289 e. The average molecular weight is 388 g/mol. The molecule has 3 heterocycles. The summed E-state index contributed by atoms with van der Waals surface area (Å²) in [6.07, 6.45) is 0. The summed E-state index contributed by atoms with van der Waals surface area (Å²) in [5.41, 5.74) is 1.86. The van der Waals surface area contributed by atoms with Gasteiger partial charge in [-0.25, -0.2) is 4.98 Å². The molecule has 1 aliphatic heterocycles. The molecule has 0 aliphatic carbocycles. The van der Waals surface area contributed by atoms with Crippen LogP contribution in [0.4, 0.5) is 5.69 Å². The van der Waals surface area contributed by atoms with E-state index in [1.54, 1.807) is 17.4 Å². The number of halogens is 1. The highest BCUT2D eigenvalue weighted by atomic mass is 35.5. The van der Waals surface area contributed by atoms with Crippen molar-refractivity contribution in [1.82, 2.24) is 9.88 Å². The van der Waals surface area contributed by atoms with E-state index in [0.29, 0.717) is 24.6 Å². The number of aryl methyl sites for hydroxylation is 1. The van der Waals surface area contributed by atoms with Gasteiger partial charge in [0, 0.05) is 42.3 Å². The fourth-order valence-corrected chi connectivity index (χ4v) is 3.85. The van der Waals surface area contributed by atoms with E-state index < -0.39 is 0 Å². The van der Waals surface area contributed by atoms with E-state index in [-0.39, 0.29) is 5.91 Å². The van der Waals surface area contributed by atoms with Crippen LogP contribution in [0.3, 0.4) is 0 Å². The van der Waals surface area contributed by atoms with Gasteiger partial charge in [0.2, 0.25) is 0 Å². The quantitative estimate of drug-likeness (QED) is 0.671. The molecule has 4 rings (SSSR count). The zero-order chi connectivity index (χ0) is 18.1. The molecule has 5 nitrogen and oxygen atoms in total. The molecule has 0 atom stereocenters. The van der Waals surface area contributed by atoms with Crippen molar-refractivity contribution in [3.8, 4) is 11.5 Å². The number of rotatable bonds is 3. The van der Waals surface area contributed by atoms with Crippen molar-refractivity contribution in [1.29, 1.82) is 0 Å². The smallest absolute Gasteiger partial charge is 0.289 e. The topological polar surface area (TPSA) is 49.6 Å². The summed E-state index contributed by atoms with van der Waals surface area (Å²) in [5, 5.41) is 3.63. The van der Waals surface area contributed by atoms with Gasteiger partial charge in [-0.1, -0.05) is 17.7 Å². The summed E-state index contributed by atoms with van der Waals surface area (Å²) in [6.45, 7) is 4.78.